The van der Waals surface area contributed by atoms with Crippen molar-refractivity contribution in [1.82, 2.24) is 4.90 Å². The number of para-hydroxylation sites is 1. The lowest BCUT2D eigenvalue weighted by Gasteiger charge is -2.35. The van der Waals surface area contributed by atoms with Crippen LogP contribution in [0.1, 0.15) is 24.2 Å². The van der Waals surface area contributed by atoms with E-state index in [9.17, 15) is 20.0 Å². The Morgan fingerprint density at radius 3 is 2.55 bits per heavy atom. The number of benzene rings is 1. The molecule has 1 aromatic rings. The molecule has 20 heavy (non-hydrogen) atoms. The number of nitro groups is 1. The fourth-order valence-electron chi connectivity index (χ4n) is 2.37. The average molecular weight is 280 g/mol. The fourth-order valence-corrected chi connectivity index (χ4v) is 2.37. The summed E-state index contributed by atoms with van der Waals surface area (Å²) >= 11 is 0. The van der Waals surface area contributed by atoms with Gasteiger partial charge in [-0.25, -0.2) is 0 Å². The molecule has 1 amide bonds. The summed E-state index contributed by atoms with van der Waals surface area (Å²) in [5, 5.41) is 20.6. The quantitative estimate of drug-likeness (QED) is 0.655. The van der Waals surface area contributed by atoms with Gasteiger partial charge < -0.3 is 14.7 Å². The summed E-state index contributed by atoms with van der Waals surface area (Å²) < 4.78 is 5.53. The topological polar surface area (TPSA) is 92.9 Å². The van der Waals surface area contributed by atoms with Crippen molar-refractivity contribution in [2.24, 2.45) is 0 Å². The highest BCUT2D eigenvalue weighted by Crippen LogP contribution is 2.30. The maximum atomic E-state index is 12.4. The number of amides is 1. The number of aromatic hydroxyl groups is 1. The van der Waals surface area contributed by atoms with Crippen LogP contribution in [0.15, 0.2) is 18.2 Å². The molecule has 1 heterocycles. The highest BCUT2D eigenvalue weighted by molar-refractivity contribution is 5.98. The Kier molecular flexibility index (Phi) is 3.89. The zero-order valence-corrected chi connectivity index (χ0v) is 11.3. The molecule has 2 rings (SSSR count). The SMILES string of the molecule is CC1CN(C(=O)c2cccc([N+](=O)[O-])c2O)CC(C)O1. The van der Waals surface area contributed by atoms with Crippen molar-refractivity contribution in [1.29, 1.82) is 0 Å². The summed E-state index contributed by atoms with van der Waals surface area (Å²) in [6, 6.07) is 3.94. The van der Waals surface area contributed by atoms with Crippen molar-refractivity contribution in [2.75, 3.05) is 13.1 Å². The Balaban J connectivity index is 2.29. The molecule has 1 aromatic carbocycles. The van der Waals surface area contributed by atoms with E-state index in [1.54, 1.807) is 0 Å². The van der Waals surface area contributed by atoms with Crippen molar-refractivity contribution in [3.63, 3.8) is 0 Å². The van der Waals surface area contributed by atoms with E-state index in [0.29, 0.717) is 13.1 Å². The van der Waals surface area contributed by atoms with Gasteiger partial charge in [-0.15, -0.1) is 0 Å². The first-order chi connectivity index (χ1) is 9.40. The third-order valence-corrected chi connectivity index (χ3v) is 3.15. The molecule has 1 aliphatic rings. The minimum Gasteiger partial charge on any atom is -0.502 e. The number of phenols is 1. The van der Waals surface area contributed by atoms with E-state index in [0.717, 1.165) is 6.07 Å². The van der Waals surface area contributed by atoms with Crippen LogP contribution in [0.2, 0.25) is 0 Å². The number of carbonyl (C=O) groups is 1. The van der Waals surface area contributed by atoms with Crippen LogP contribution < -0.4 is 0 Å². The average Bonchev–Trinajstić information content (AvgIpc) is 2.36. The number of nitrogens with zero attached hydrogens (tertiary/aromatic N) is 2. The van der Waals surface area contributed by atoms with Crippen molar-refractivity contribution >= 4 is 11.6 Å². The van der Waals surface area contributed by atoms with Crippen LogP contribution in [-0.4, -0.2) is 46.1 Å². The molecule has 0 aromatic heterocycles. The van der Waals surface area contributed by atoms with Crippen molar-refractivity contribution in [3.8, 4) is 5.75 Å². The van der Waals surface area contributed by atoms with Crippen LogP contribution in [0.25, 0.3) is 0 Å². The van der Waals surface area contributed by atoms with Gasteiger partial charge in [0.2, 0.25) is 5.75 Å². The summed E-state index contributed by atoms with van der Waals surface area (Å²) in [6.45, 7) is 4.49. The van der Waals surface area contributed by atoms with Gasteiger partial charge >= 0.3 is 5.69 Å². The molecule has 0 radical (unpaired) electrons. The second-order valence-corrected chi connectivity index (χ2v) is 4.90. The predicted molar refractivity (Wildman–Crippen MR) is 70.7 cm³/mol. The van der Waals surface area contributed by atoms with E-state index in [1.807, 2.05) is 13.8 Å². The van der Waals surface area contributed by atoms with E-state index in [-0.39, 0.29) is 17.8 Å². The largest absolute Gasteiger partial charge is 0.502 e. The van der Waals surface area contributed by atoms with Gasteiger partial charge in [0, 0.05) is 19.2 Å². The van der Waals surface area contributed by atoms with Gasteiger partial charge in [0.05, 0.1) is 22.7 Å². The normalized spacial score (nSPS) is 22.6. The number of ether oxygens (including phenoxy) is 1. The van der Waals surface area contributed by atoms with Crippen LogP contribution in [0.4, 0.5) is 5.69 Å². The zero-order chi connectivity index (χ0) is 14.9. The molecule has 7 nitrogen and oxygen atoms in total. The molecule has 0 spiro atoms. The third-order valence-electron chi connectivity index (χ3n) is 3.15. The molecule has 7 heteroatoms. The number of nitro benzene ring substituents is 1. The minimum absolute atomic E-state index is 0.0551. The molecule has 108 valence electrons. The van der Waals surface area contributed by atoms with Crippen LogP contribution in [0, 0.1) is 10.1 Å². The molecule has 2 atom stereocenters. The molecule has 1 aliphatic heterocycles. The summed E-state index contributed by atoms with van der Waals surface area (Å²) in [6.07, 6.45) is -0.216. The zero-order valence-electron chi connectivity index (χ0n) is 11.3. The molecule has 0 saturated carbocycles. The van der Waals surface area contributed by atoms with Gasteiger partial charge in [0.15, 0.2) is 0 Å². The van der Waals surface area contributed by atoms with Gasteiger partial charge in [-0.05, 0) is 19.9 Å². The number of morpholine rings is 1. The Morgan fingerprint density at radius 1 is 1.40 bits per heavy atom. The minimum atomic E-state index is -0.712. The first-order valence-electron chi connectivity index (χ1n) is 6.31. The smallest absolute Gasteiger partial charge is 0.311 e. The highest BCUT2D eigenvalue weighted by atomic mass is 16.6. The molecule has 1 saturated heterocycles. The highest BCUT2D eigenvalue weighted by Gasteiger charge is 2.29. The standard InChI is InChI=1S/C13H16N2O5/c1-8-6-14(7-9(2)20-8)13(17)10-4-3-5-11(12(10)16)15(18)19/h3-5,8-9,16H,6-7H2,1-2H3. The van der Waals surface area contributed by atoms with Gasteiger partial charge in [0.1, 0.15) is 0 Å². The molecular formula is C13H16N2O5. The summed E-state index contributed by atoms with van der Waals surface area (Å²) in [4.78, 5) is 24.0. The lowest BCUT2D eigenvalue weighted by Crippen LogP contribution is -2.48. The van der Waals surface area contributed by atoms with Crippen molar-refractivity contribution < 1.29 is 19.6 Å². The number of hydrogen-bond acceptors (Lipinski definition) is 5. The van der Waals surface area contributed by atoms with E-state index in [4.69, 9.17) is 4.74 Å². The van der Waals surface area contributed by atoms with Crippen LogP contribution in [0.5, 0.6) is 5.75 Å². The van der Waals surface area contributed by atoms with E-state index < -0.39 is 22.3 Å². The lowest BCUT2D eigenvalue weighted by atomic mass is 10.1. The molecule has 0 aliphatic carbocycles. The first-order valence-corrected chi connectivity index (χ1v) is 6.31. The fraction of sp³-hybridized carbons (Fsp3) is 0.462. The van der Waals surface area contributed by atoms with Gasteiger partial charge in [-0.1, -0.05) is 6.07 Å². The molecule has 1 fully saturated rings. The van der Waals surface area contributed by atoms with Crippen molar-refractivity contribution in [2.45, 2.75) is 26.1 Å². The van der Waals surface area contributed by atoms with E-state index >= 15 is 0 Å². The second-order valence-electron chi connectivity index (χ2n) is 4.90. The van der Waals surface area contributed by atoms with E-state index in [1.165, 1.54) is 17.0 Å². The Hall–Kier alpha value is -2.15. The van der Waals surface area contributed by atoms with Crippen molar-refractivity contribution in [3.05, 3.63) is 33.9 Å². The Bertz CT molecular complexity index is 536. The summed E-state index contributed by atoms with van der Waals surface area (Å²) in [7, 11) is 0. The van der Waals surface area contributed by atoms with Gasteiger partial charge in [-0.2, -0.15) is 0 Å². The first kappa shape index (κ1) is 14.3. The molecular weight excluding hydrogens is 264 g/mol. The maximum absolute atomic E-state index is 12.4. The van der Waals surface area contributed by atoms with Crippen LogP contribution in [-0.2, 0) is 4.74 Å². The van der Waals surface area contributed by atoms with Crippen LogP contribution in [0.3, 0.4) is 0 Å². The monoisotopic (exact) mass is 280 g/mol. The molecule has 0 bridgehead atoms. The third kappa shape index (κ3) is 2.72. The maximum Gasteiger partial charge on any atom is 0.311 e. The lowest BCUT2D eigenvalue weighted by molar-refractivity contribution is -0.385. The second kappa shape index (κ2) is 5.46. The number of carbonyl (C=O) groups excluding carboxylic acids is 1. The predicted octanol–water partition coefficient (Wildman–Crippen LogP) is 1.55. The molecule has 1 N–H and O–H groups in total. The van der Waals surface area contributed by atoms with Gasteiger partial charge in [-0.3, -0.25) is 14.9 Å². The Morgan fingerprint density at radius 2 is 2.00 bits per heavy atom. The summed E-state index contributed by atoms with van der Waals surface area (Å²) in [5.74, 6) is -1.01. The van der Waals surface area contributed by atoms with Crippen LogP contribution >= 0.6 is 0 Å². The number of rotatable bonds is 2. The summed E-state index contributed by atoms with van der Waals surface area (Å²) in [5.41, 5.74) is -0.522. The van der Waals surface area contributed by atoms with E-state index in [2.05, 4.69) is 0 Å². The van der Waals surface area contributed by atoms with Gasteiger partial charge in [0.25, 0.3) is 5.91 Å². The Labute approximate surface area is 115 Å². The number of hydrogen-bond donors (Lipinski definition) is 1. The number of phenolic OH excluding ortho intramolecular Hbond substituents is 1. The molecule has 2 unspecified atom stereocenters.